The number of pyridine rings is 1. The van der Waals surface area contributed by atoms with Crippen molar-refractivity contribution in [3.8, 4) is 0 Å². The van der Waals surface area contributed by atoms with Crippen LogP contribution in [0, 0.1) is 6.92 Å². The molecule has 0 saturated carbocycles. The van der Waals surface area contributed by atoms with Crippen LogP contribution in [0.5, 0.6) is 0 Å². The van der Waals surface area contributed by atoms with Crippen LogP contribution < -0.4 is 0 Å². The maximum atomic E-state index is 6.32. The molecular weight excluding hydrogens is 298 g/mol. The quantitative estimate of drug-likeness (QED) is 0.865. The SMILES string of the molecule is Cc1nn(C)c(Cl)c1CN1CCN(Cc2ccccn2)CC1. The molecule has 2 aromatic heterocycles. The minimum Gasteiger partial charge on any atom is -0.296 e. The minimum atomic E-state index is 0.758. The fourth-order valence-corrected chi connectivity index (χ4v) is 3.14. The molecule has 0 aromatic carbocycles. The Bertz CT molecular complexity index is 617. The van der Waals surface area contributed by atoms with Crippen LogP contribution in [0.3, 0.4) is 0 Å². The lowest BCUT2D eigenvalue weighted by molar-refractivity contribution is 0.121. The van der Waals surface area contributed by atoms with Gasteiger partial charge in [0.15, 0.2) is 0 Å². The van der Waals surface area contributed by atoms with E-state index in [1.165, 1.54) is 0 Å². The second-order valence-electron chi connectivity index (χ2n) is 5.85. The van der Waals surface area contributed by atoms with Crippen LogP contribution in [0.25, 0.3) is 0 Å². The first kappa shape index (κ1) is 15.5. The van der Waals surface area contributed by atoms with E-state index in [1.807, 2.05) is 32.3 Å². The summed E-state index contributed by atoms with van der Waals surface area (Å²) in [5.41, 5.74) is 3.33. The van der Waals surface area contributed by atoms with Crippen molar-refractivity contribution in [2.75, 3.05) is 26.2 Å². The van der Waals surface area contributed by atoms with Gasteiger partial charge in [-0.15, -0.1) is 0 Å². The summed E-state index contributed by atoms with van der Waals surface area (Å²) < 4.78 is 1.75. The van der Waals surface area contributed by atoms with Gasteiger partial charge in [-0.3, -0.25) is 19.5 Å². The van der Waals surface area contributed by atoms with Gasteiger partial charge in [-0.25, -0.2) is 0 Å². The molecule has 6 heteroatoms. The summed E-state index contributed by atoms with van der Waals surface area (Å²) in [4.78, 5) is 9.31. The molecule has 118 valence electrons. The largest absolute Gasteiger partial charge is 0.296 e. The molecule has 0 N–H and O–H groups in total. The van der Waals surface area contributed by atoms with E-state index in [9.17, 15) is 0 Å². The standard InChI is InChI=1S/C16H22ClN5/c1-13-15(16(17)20(2)19-13)12-22-9-7-21(8-10-22)11-14-5-3-4-6-18-14/h3-6H,7-12H2,1-2H3. The van der Waals surface area contributed by atoms with E-state index in [0.29, 0.717) is 0 Å². The first-order valence-electron chi connectivity index (χ1n) is 7.66. The van der Waals surface area contributed by atoms with Crippen molar-refractivity contribution >= 4 is 11.6 Å². The van der Waals surface area contributed by atoms with E-state index in [2.05, 4.69) is 25.9 Å². The molecule has 0 atom stereocenters. The lowest BCUT2D eigenvalue weighted by Crippen LogP contribution is -2.45. The number of halogens is 1. The van der Waals surface area contributed by atoms with Crippen LogP contribution in [0.15, 0.2) is 24.4 Å². The van der Waals surface area contributed by atoms with Gasteiger partial charge in [0.2, 0.25) is 0 Å². The van der Waals surface area contributed by atoms with Crippen molar-refractivity contribution in [2.45, 2.75) is 20.0 Å². The summed E-state index contributed by atoms with van der Waals surface area (Å²) in [6.07, 6.45) is 1.86. The van der Waals surface area contributed by atoms with Gasteiger partial charge >= 0.3 is 0 Å². The highest BCUT2D eigenvalue weighted by atomic mass is 35.5. The molecule has 0 spiro atoms. The number of aromatic nitrogens is 3. The molecule has 0 radical (unpaired) electrons. The zero-order chi connectivity index (χ0) is 15.5. The molecule has 1 saturated heterocycles. The smallest absolute Gasteiger partial charge is 0.131 e. The maximum absolute atomic E-state index is 6.32. The van der Waals surface area contributed by atoms with Gasteiger partial charge in [0.25, 0.3) is 0 Å². The highest BCUT2D eigenvalue weighted by Crippen LogP contribution is 2.21. The summed E-state index contributed by atoms with van der Waals surface area (Å²) in [5.74, 6) is 0. The molecule has 3 heterocycles. The maximum Gasteiger partial charge on any atom is 0.131 e. The van der Waals surface area contributed by atoms with E-state index >= 15 is 0 Å². The van der Waals surface area contributed by atoms with Crippen molar-refractivity contribution in [1.82, 2.24) is 24.6 Å². The number of aryl methyl sites for hydroxylation is 2. The third-order valence-electron chi connectivity index (χ3n) is 4.23. The second kappa shape index (κ2) is 6.77. The van der Waals surface area contributed by atoms with Crippen LogP contribution in [0.1, 0.15) is 17.0 Å². The Morgan fingerprint density at radius 1 is 1.09 bits per heavy atom. The van der Waals surface area contributed by atoms with Gasteiger partial charge in [-0.2, -0.15) is 5.10 Å². The van der Waals surface area contributed by atoms with Crippen molar-refractivity contribution < 1.29 is 0 Å². The number of hydrogen-bond donors (Lipinski definition) is 0. The van der Waals surface area contributed by atoms with Crippen molar-refractivity contribution in [2.24, 2.45) is 7.05 Å². The van der Waals surface area contributed by atoms with Crippen molar-refractivity contribution in [1.29, 1.82) is 0 Å². The van der Waals surface area contributed by atoms with Gasteiger partial charge in [0.05, 0.1) is 11.4 Å². The van der Waals surface area contributed by atoms with E-state index in [0.717, 1.165) is 61.4 Å². The topological polar surface area (TPSA) is 37.2 Å². The molecular formula is C16H22ClN5. The average molecular weight is 320 g/mol. The number of piperazine rings is 1. The molecule has 22 heavy (non-hydrogen) atoms. The van der Waals surface area contributed by atoms with Gasteiger partial charge in [-0.05, 0) is 19.1 Å². The third kappa shape index (κ3) is 3.48. The predicted molar refractivity (Wildman–Crippen MR) is 87.7 cm³/mol. The molecule has 3 rings (SSSR count). The number of hydrogen-bond acceptors (Lipinski definition) is 4. The first-order valence-corrected chi connectivity index (χ1v) is 8.04. The fourth-order valence-electron chi connectivity index (χ4n) is 2.90. The molecule has 0 amide bonds. The molecule has 2 aromatic rings. The molecule has 1 aliphatic rings. The van der Waals surface area contributed by atoms with Crippen molar-refractivity contribution in [3.63, 3.8) is 0 Å². The average Bonchev–Trinajstić information content (AvgIpc) is 2.77. The Hall–Kier alpha value is -1.43. The van der Waals surface area contributed by atoms with Gasteiger partial charge in [-0.1, -0.05) is 17.7 Å². The minimum absolute atomic E-state index is 0.758. The van der Waals surface area contributed by atoms with Crippen LogP contribution in [0.4, 0.5) is 0 Å². The van der Waals surface area contributed by atoms with Crippen LogP contribution in [-0.4, -0.2) is 50.7 Å². The summed E-state index contributed by atoms with van der Waals surface area (Å²) in [6, 6.07) is 6.10. The lowest BCUT2D eigenvalue weighted by atomic mass is 10.2. The molecule has 5 nitrogen and oxygen atoms in total. The highest BCUT2D eigenvalue weighted by molar-refractivity contribution is 6.30. The summed E-state index contributed by atoms with van der Waals surface area (Å²) in [5, 5.41) is 5.14. The molecule has 1 aliphatic heterocycles. The number of rotatable bonds is 4. The molecule has 0 unspecified atom stereocenters. The lowest BCUT2D eigenvalue weighted by Gasteiger charge is -2.34. The Kier molecular flexibility index (Phi) is 4.76. The Labute approximate surface area is 136 Å². The van der Waals surface area contributed by atoms with Gasteiger partial charge in [0.1, 0.15) is 5.15 Å². The van der Waals surface area contributed by atoms with E-state index < -0.39 is 0 Å². The summed E-state index contributed by atoms with van der Waals surface area (Å²) >= 11 is 6.32. The summed E-state index contributed by atoms with van der Waals surface area (Å²) in [7, 11) is 1.89. The summed E-state index contributed by atoms with van der Waals surface area (Å²) in [6.45, 7) is 8.08. The zero-order valence-electron chi connectivity index (χ0n) is 13.2. The fraction of sp³-hybridized carbons (Fsp3) is 0.500. The first-order chi connectivity index (χ1) is 10.6. The Morgan fingerprint density at radius 2 is 1.77 bits per heavy atom. The Balaban J connectivity index is 1.53. The third-order valence-corrected chi connectivity index (χ3v) is 4.70. The van der Waals surface area contributed by atoms with E-state index in [-0.39, 0.29) is 0 Å². The van der Waals surface area contributed by atoms with Gasteiger partial charge in [0, 0.05) is 58.1 Å². The van der Waals surface area contributed by atoms with Gasteiger partial charge < -0.3 is 0 Å². The van der Waals surface area contributed by atoms with Crippen molar-refractivity contribution in [3.05, 3.63) is 46.5 Å². The normalized spacial score (nSPS) is 17.0. The molecule has 0 bridgehead atoms. The zero-order valence-corrected chi connectivity index (χ0v) is 13.9. The predicted octanol–water partition coefficient (Wildman–Crippen LogP) is 2.09. The monoisotopic (exact) mass is 319 g/mol. The van der Waals surface area contributed by atoms with E-state index in [4.69, 9.17) is 11.6 Å². The molecule has 1 fully saturated rings. The van der Waals surface area contributed by atoms with Crippen LogP contribution >= 0.6 is 11.6 Å². The van der Waals surface area contributed by atoms with E-state index in [1.54, 1.807) is 4.68 Å². The Morgan fingerprint density at radius 3 is 2.32 bits per heavy atom. The highest BCUT2D eigenvalue weighted by Gasteiger charge is 2.20. The molecule has 0 aliphatic carbocycles. The second-order valence-corrected chi connectivity index (χ2v) is 6.21. The van der Waals surface area contributed by atoms with Crippen LogP contribution in [-0.2, 0) is 20.1 Å². The number of nitrogens with zero attached hydrogens (tertiary/aromatic N) is 5. The van der Waals surface area contributed by atoms with Crippen LogP contribution in [0.2, 0.25) is 5.15 Å².